The minimum Gasteiger partial charge on any atom is -0.402 e. The van der Waals surface area contributed by atoms with Gasteiger partial charge in [-0.3, -0.25) is 0 Å². The standard InChI is InChI=1S/C7H13N/c1-4-7(8)5-6(2)3/h5H,2,4,8H2,1,3H3/b7-5-. The van der Waals surface area contributed by atoms with Crippen LogP contribution in [0.15, 0.2) is 23.9 Å². The summed E-state index contributed by atoms with van der Waals surface area (Å²) in [6, 6.07) is 0. The van der Waals surface area contributed by atoms with Gasteiger partial charge in [0.25, 0.3) is 0 Å². The van der Waals surface area contributed by atoms with Crippen LogP contribution in [-0.2, 0) is 0 Å². The highest BCUT2D eigenvalue weighted by Gasteiger charge is 1.81. The Balaban J connectivity index is 3.75. The second kappa shape index (κ2) is 3.30. The molecular formula is C7H13N. The van der Waals surface area contributed by atoms with Crippen LogP contribution in [0.25, 0.3) is 0 Å². The lowest BCUT2D eigenvalue weighted by Gasteiger charge is -1.92. The van der Waals surface area contributed by atoms with Crippen LogP contribution in [0, 0.1) is 0 Å². The van der Waals surface area contributed by atoms with Gasteiger partial charge in [0.05, 0.1) is 0 Å². The summed E-state index contributed by atoms with van der Waals surface area (Å²) in [6.45, 7) is 7.64. The van der Waals surface area contributed by atoms with E-state index in [0.29, 0.717) is 0 Å². The van der Waals surface area contributed by atoms with Gasteiger partial charge in [-0.15, -0.1) is 0 Å². The maximum absolute atomic E-state index is 5.47. The maximum atomic E-state index is 5.47. The molecule has 0 aromatic heterocycles. The molecule has 0 saturated heterocycles. The van der Waals surface area contributed by atoms with E-state index in [2.05, 4.69) is 6.58 Å². The topological polar surface area (TPSA) is 26.0 Å². The third-order valence-electron chi connectivity index (χ3n) is 0.840. The summed E-state index contributed by atoms with van der Waals surface area (Å²) < 4.78 is 0. The molecule has 1 nitrogen and oxygen atoms in total. The van der Waals surface area contributed by atoms with Crippen LogP contribution in [0.4, 0.5) is 0 Å². The van der Waals surface area contributed by atoms with Crippen LogP contribution < -0.4 is 5.73 Å². The maximum Gasteiger partial charge on any atom is 0.00801 e. The zero-order valence-corrected chi connectivity index (χ0v) is 5.57. The van der Waals surface area contributed by atoms with Crippen molar-refractivity contribution >= 4 is 0 Å². The van der Waals surface area contributed by atoms with E-state index in [9.17, 15) is 0 Å². The number of rotatable bonds is 2. The number of nitrogens with two attached hydrogens (primary N) is 1. The number of hydrogen-bond acceptors (Lipinski definition) is 1. The molecule has 0 aromatic carbocycles. The van der Waals surface area contributed by atoms with Crippen molar-refractivity contribution in [2.45, 2.75) is 20.3 Å². The molecule has 8 heavy (non-hydrogen) atoms. The lowest BCUT2D eigenvalue weighted by Crippen LogP contribution is -1.93. The van der Waals surface area contributed by atoms with Crippen LogP contribution >= 0.6 is 0 Å². The normalized spacial score (nSPS) is 11.5. The van der Waals surface area contributed by atoms with E-state index in [-0.39, 0.29) is 0 Å². The third kappa shape index (κ3) is 3.47. The number of hydrogen-bond donors (Lipinski definition) is 1. The molecule has 0 aliphatic heterocycles. The fraction of sp³-hybridized carbons (Fsp3) is 0.429. The van der Waals surface area contributed by atoms with Gasteiger partial charge in [-0.05, 0) is 19.4 Å². The first-order valence-electron chi connectivity index (χ1n) is 2.78. The molecule has 0 unspecified atom stereocenters. The van der Waals surface area contributed by atoms with Crippen molar-refractivity contribution in [3.8, 4) is 0 Å². The summed E-state index contributed by atoms with van der Waals surface area (Å²) in [5, 5.41) is 0. The summed E-state index contributed by atoms with van der Waals surface area (Å²) in [6.07, 6.45) is 2.80. The first kappa shape index (κ1) is 7.28. The van der Waals surface area contributed by atoms with E-state index in [1.54, 1.807) is 0 Å². The Morgan fingerprint density at radius 3 is 2.38 bits per heavy atom. The van der Waals surface area contributed by atoms with Crippen molar-refractivity contribution < 1.29 is 0 Å². The molecule has 0 radical (unpaired) electrons. The van der Waals surface area contributed by atoms with Gasteiger partial charge in [-0.2, -0.15) is 0 Å². The molecule has 0 aliphatic carbocycles. The molecule has 0 amide bonds. The fourth-order valence-electron chi connectivity index (χ4n) is 0.419. The van der Waals surface area contributed by atoms with Crippen molar-refractivity contribution in [2.75, 3.05) is 0 Å². The molecule has 0 saturated carbocycles. The zero-order valence-electron chi connectivity index (χ0n) is 5.57. The van der Waals surface area contributed by atoms with Crippen LogP contribution in [0.3, 0.4) is 0 Å². The van der Waals surface area contributed by atoms with Crippen molar-refractivity contribution in [2.24, 2.45) is 5.73 Å². The van der Waals surface area contributed by atoms with Crippen LogP contribution in [0.5, 0.6) is 0 Å². The first-order valence-corrected chi connectivity index (χ1v) is 2.78. The molecule has 0 heterocycles. The Morgan fingerprint density at radius 1 is 1.75 bits per heavy atom. The van der Waals surface area contributed by atoms with Crippen molar-refractivity contribution in [1.29, 1.82) is 0 Å². The van der Waals surface area contributed by atoms with Crippen LogP contribution in [-0.4, -0.2) is 0 Å². The Hall–Kier alpha value is -0.720. The minimum absolute atomic E-state index is 0.900. The smallest absolute Gasteiger partial charge is 0.00801 e. The molecule has 0 aromatic rings. The Labute approximate surface area is 50.9 Å². The highest BCUT2D eigenvalue weighted by molar-refractivity contribution is 5.15. The Morgan fingerprint density at radius 2 is 2.25 bits per heavy atom. The van der Waals surface area contributed by atoms with E-state index in [1.807, 2.05) is 19.9 Å². The molecule has 0 fully saturated rings. The lowest BCUT2D eigenvalue weighted by molar-refractivity contribution is 1.06. The second-order valence-electron chi connectivity index (χ2n) is 1.92. The van der Waals surface area contributed by atoms with Gasteiger partial charge in [-0.25, -0.2) is 0 Å². The van der Waals surface area contributed by atoms with E-state index in [0.717, 1.165) is 17.7 Å². The minimum atomic E-state index is 0.900. The van der Waals surface area contributed by atoms with Gasteiger partial charge >= 0.3 is 0 Å². The molecule has 0 rings (SSSR count). The first-order chi connectivity index (χ1) is 3.66. The van der Waals surface area contributed by atoms with Gasteiger partial charge < -0.3 is 5.73 Å². The predicted molar refractivity (Wildman–Crippen MR) is 37.4 cm³/mol. The van der Waals surface area contributed by atoms with E-state index < -0.39 is 0 Å². The van der Waals surface area contributed by atoms with Gasteiger partial charge in [-0.1, -0.05) is 19.1 Å². The van der Waals surface area contributed by atoms with Gasteiger partial charge in [0.15, 0.2) is 0 Å². The highest BCUT2D eigenvalue weighted by atomic mass is 14.6. The van der Waals surface area contributed by atoms with Gasteiger partial charge in [0.1, 0.15) is 0 Å². The van der Waals surface area contributed by atoms with Crippen LogP contribution in [0.2, 0.25) is 0 Å². The summed E-state index contributed by atoms with van der Waals surface area (Å²) >= 11 is 0. The molecule has 1 heteroatoms. The summed E-state index contributed by atoms with van der Waals surface area (Å²) in [5.74, 6) is 0. The lowest BCUT2D eigenvalue weighted by atomic mass is 10.2. The van der Waals surface area contributed by atoms with E-state index in [4.69, 9.17) is 5.73 Å². The second-order valence-corrected chi connectivity index (χ2v) is 1.92. The molecular weight excluding hydrogens is 98.1 g/mol. The average molecular weight is 111 g/mol. The SMILES string of the molecule is C=C(C)/C=C(\N)CC. The molecule has 0 aliphatic rings. The van der Waals surface area contributed by atoms with E-state index in [1.165, 1.54) is 0 Å². The molecule has 0 spiro atoms. The molecule has 0 bridgehead atoms. The summed E-state index contributed by atoms with van der Waals surface area (Å²) in [4.78, 5) is 0. The highest BCUT2D eigenvalue weighted by Crippen LogP contribution is 1.95. The third-order valence-corrected chi connectivity index (χ3v) is 0.840. The summed E-state index contributed by atoms with van der Waals surface area (Å²) in [7, 11) is 0. The van der Waals surface area contributed by atoms with Gasteiger partial charge in [0.2, 0.25) is 0 Å². The Kier molecular flexibility index (Phi) is 3.01. The van der Waals surface area contributed by atoms with Crippen LogP contribution in [0.1, 0.15) is 20.3 Å². The molecule has 0 atom stereocenters. The quantitative estimate of drug-likeness (QED) is 0.540. The van der Waals surface area contributed by atoms with E-state index >= 15 is 0 Å². The van der Waals surface area contributed by atoms with Crippen molar-refractivity contribution in [1.82, 2.24) is 0 Å². The molecule has 2 N–H and O–H groups in total. The fourth-order valence-corrected chi connectivity index (χ4v) is 0.419. The summed E-state index contributed by atoms with van der Waals surface area (Å²) in [5.41, 5.74) is 7.39. The zero-order chi connectivity index (χ0) is 6.57. The number of allylic oxidation sites excluding steroid dienone is 3. The monoisotopic (exact) mass is 111 g/mol. The largest absolute Gasteiger partial charge is 0.402 e. The Bertz CT molecular complexity index is 112. The predicted octanol–water partition coefficient (Wildman–Crippen LogP) is 1.82. The van der Waals surface area contributed by atoms with Crippen molar-refractivity contribution in [3.63, 3.8) is 0 Å². The molecule has 46 valence electrons. The van der Waals surface area contributed by atoms with Gasteiger partial charge in [0, 0.05) is 5.70 Å². The average Bonchev–Trinajstić information content (AvgIpc) is 1.65. The van der Waals surface area contributed by atoms with Crippen molar-refractivity contribution in [3.05, 3.63) is 23.9 Å².